The van der Waals surface area contributed by atoms with Gasteiger partial charge in [0.2, 0.25) is 0 Å². The highest BCUT2D eigenvalue weighted by Crippen LogP contribution is 2.38. The van der Waals surface area contributed by atoms with Crippen molar-refractivity contribution in [2.45, 2.75) is 20.0 Å². The van der Waals surface area contributed by atoms with E-state index in [1.807, 2.05) is 13.0 Å². The summed E-state index contributed by atoms with van der Waals surface area (Å²) in [6.07, 6.45) is 0. The van der Waals surface area contributed by atoms with Crippen molar-refractivity contribution >= 4 is 15.9 Å². The summed E-state index contributed by atoms with van der Waals surface area (Å²) in [6.45, 7) is 8.84. The molecule has 28 heavy (non-hydrogen) atoms. The van der Waals surface area contributed by atoms with Gasteiger partial charge in [-0.05, 0) is 52.2 Å². The van der Waals surface area contributed by atoms with Crippen LogP contribution >= 0.6 is 15.9 Å². The van der Waals surface area contributed by atoms with E-state index >= 15 is 0 Å². The number of hydrogen-bond donors (Lipinski definition) is 0. The standard InChI is InChI=1S/C22H29BrN2O3/c1-4-28-19-8-5-17(6-9-19)15-24-11-13-25(14-12-24)16-18-7-10-20(26-2)22(27-3)21(18)23/h5-10H,4,11-16H2,1-3H3. The Hall–Kier alpha value is -1.76. The number of piperazine rings is 1. The summed E-state index contributed by atoms with van der Waals surface area (Å²) in [4.78, 5) is 5.00. The molecule has 1 saturated heterocycles. The van der Waals surface area contributed by atoms with Gasteiger partial charge < -0.3 is 14.2 Å². The Morgan fingerprint density at radius 1 is 0.857 bits per heavy atom. The number of ether oxygens (including phenoxy) is 3. The summed E-state index contributed by atoms with van der Waals surface area (Å²) in [7, 11) is 3.33. The largest absolute Gasteiger partial charge is 0.494 e. The fourth-order valence-electron chi connectivity index (χ4n) is 3.51. The lowest BCUT2D eigenvalue weighted by Crippen LogP contribution is -2.45. The highest BCUT2D eigenvalue weighted by Gasteiger charge is 2.20. The van der Waals surface area contributed by atoms with Gasteiger partial charge in [0.15, 0.2) is 11.5 Å². The zero-order valence-electron chi connectivity index (χ0n) is 16.9. The van der Waals surface area contributed by atoms with E-state index in [0.717, 1.165) is 61.0 Å². The number of benzene rings is 2. The summed E-state index contributed by atoms with van der Waals surface area (Å²) in [5, 5.41) is 0. The molecule has 0 aliphatic carbocycles. The van der Waals surface area contributed by atoms with E-state index in [2.05, 4.69) is 56.1 Å². The maximum Gasteiger partial charge on any atom is 0.175 e. The summed E-state index contributed by atoms with van der Waals surface area (Å²) in [5.74, 6) is 2.45. The number of hydrogen-bond acceptors (Lipinski definition) is 5. The normalized spacial score (nSPS) is 15.4. The molecule has 0 amide bonds. The second kappa shape index (κ2) is 10.1. The van der Waals surface area contributed by atoms with Crippen LogP contribution in [-0.2, 0) is 13.1 Å². The molecule has 0 unspecified atom stereocenters. The molecule has 1 fully saturated rings. The molecule has 0 spiro atoms. The van der Waals surface area contributed by atoms with Crippen LogP contribution in [0.2, 0.25) is 0 Å². The first-order chi connectivity index (χ1) is 13.6. The molecule has 0 N–H and O–H groups in total. The molecule has 0 saturated carbocycles. The van der Waals surface area contributed by atoms with Crippen LogP contribution in [0.3, 0.4) is 0 Å². The average molecular weight is 449 g/mol. The monoisotopic (exact) mass is 448 g/mol. The SMILES string of the molecule is CCOc1ccc(CN2CCN(Cc3ccc(OC)c(OC)c3Br)CC2)cc1. The zero-order chi connectivity index (χ0) is 19.9. The van der Waals surface area contributed by atoms with Crippen molar-refractivity contribution < 1.29 is 14.2 Å². The smallest absolute Gasteiger partial charge is 0.175 e. The Morgan fingerprint density at radius 3 is 2.07 bits per heavy atom. The van der Waals surface area contributed by atoms with E-state index in [0.29, 0.717) is 6.61 Å². The molecule has 5 nitrogen and oxygen atoms in total. The first-order valence-electron chi connectivity index (χ1n) is 9.70. The molecule has 152 valence electrons. The van der Waals surface area contributed by atoms with E-state index in [9.17, 15) is 0 Å². The van der Waals surface area contributed by atoms with Gasteiger partial charge in [0, 0.05) is 39.3 Å². The minimum atomic E-state index is 0.706. The first-order valence-corrected chi connectivity index (χ1v) is 10.5. The van der Waals surface area contributed by atoms with Crippen LogP contribution in [-0.4, -0.2) is 56.8 Å². The van der Waals surface area contributed by atoms with Crippen molar-refractivity contribution in [3.05, 3.63) is 52.0 Å². The minimum Gasteiger partial charge on any atom is -0.494 e. The molecule has 0 aromatic heterocycles. The van der Waals surface area contributed by atoms with E-state index in [1.54, 1.807) is 14.2 Å². The Bertz CT molecular complexity index is 759. The quantitative estimate of drug-likeness (QED) is 0.604. The lowest BCUT2D eigenvalue weighted by molar-refractivity contribution is 0.121. The molecule has 3 rings (SSSR count). The third kappa shape index (κ3) is 5.19. The lowest BCUT2D eigenvalue weighted by Gasteiger charge is -2.35. The lowest BCUT2D eigenvalue weighted by atomic mass is 10.1. The minimum absolute atomic E-state index is 0.706. The maximum atomic E-state index is 5.52. The second-order valence-electron chi connectivity index (χ2n) is 6.90. The zero-order valence-corrected chi connectivity index (χ0v) is 18.5. The fraction of sp³-hybridized carbons (Fsp3) is 0.455. The topological polar surface area (TPSA) is 34.2 Å². The van der Waals surface area contributed by atoms with Gasteiger partial charge >= 0.3 is 0 Å². The molecule has 1 aliphatic heterocycles. The highest BCUT2D eigenvalue weighted by atomic mass is 79.9. The van der Waals surface area contributed by atoms with Crippen molar-refractivity contribution in [1.82, 2.24) is 9.80 Å². The van der Waals surface area contributed by atoms with Crippen molar-refractivity contribution in [3.63, 3.8) is 0 Å². The molecule has 0 bridgehead atoms. The van der Waals surface area contributed by atoms with E-state index in [-0.39, 0.29) is 0 Å². The van der Waals surface area contributed by atoms with Gasteiger partial charge in [0.05, 0.1) is 25.3 Å². The predicted octanol–water partition coefficient (Wildman–Crippen LogP) is 4.18. The van der Waals surface area contributed by atoms with Crippen LogP contribution < -0.4 is 14.2 Å². The van der Waals surface area contributed by atoms with Gasteiger partial charge in [-0.25, -0.2) is 0 Å². The molecule has 1 heterocycles. The van der Waals surface area contributed by atoms with Crippen LogP contribution in [0.25, 0.3) is 0 Å². The van der Waals surface area contributed by atoms with Gasteiger partial charge in [-0.2, -0.15) is 0 Å². The summed E-state index contributed by atoms with van der Waals surface area (Å²) in [5.41, 5.74) is 2.55. The predicted molar refractivity (Wildman–Crippen MR) is 115 cm³/mol. The molecular weight excluding hydrogens is 420 g/mol. The van der Waals surface area contributed by atoms with Crippen LogP contribution in [0.1, 0.15) is 18.1 Å². The number of nitrogens with zero attached hydrogens (tertiary/aromatic N) is 2. The third-order valence-corrected chi connectivity index (χ3v) is 5.93. The van der Waals surface area contributed by atoms with E-state index < -0.39 is 0 Å². The van der Waals surface area contributed by atoms with Crippen LogP contribution in [0.5, 0.6) is 17.2 Å². The number of methoxy groups -OCH3 is 2. The number of halogens is 1. The van der Waals surface area contributed by atoms with Crippen molar-refractivity contribution in [1.29, 1.82) is 0 Å². The maximum absolute atomic E-state index is 5.52. The average Bonchev–Trinajstić information content (AvgIpc) is 2.72. The first kappa shape index (κ1) is 21.0. The van der Waals surface area contributed by atoms with Crippen LogP contribution in [0.15, 0.2) is 40.9 Å². The third-order valence-electron chi connectivity index (χ3n) is 5.06. The van der Waals surface area contributed by atoms with Crippen molar-refractivity contribution in [3.8, 4) is 17.2 Å². The van der Waals surface area contributed by atoms with E-state index in [4.69, 9.17) is 14.2 Å². The molecule has 2 aromatic rings. The molecule has 1 aliphatic rings. The van der Waals surface area contributed by atoms with Gasteiger partial charge in [0.1, 0.15) is 5.75 Å². The van der Waals surface area contributed by atoms with Gasteiger partial charge in [-0.1, -0.05) is 18.2 Å². The molecule has 0 radical (unpaired) electrons. The summed E-state index contributed by atoms with van der Waals surface area (Å²) in [6, 6.07) is 12.5. The molecule has 2 aromatic carbocycles. The van der Waals surface area contributed by atoms with Gasteiger partial charge in [0.25, 0.3) is 0 Å². The molecule has 0 atom stereocenters. The Balaban J connectivity index is 1.53. The highest BCUT2D eigenvalue weighted by molar-refractivity contribution is 9.10. The Kier molecular flexibility index (Phi) is 7.59. The van der Waals surface area contributed by atoms with Gasteiger partial charge in [-0.3, -0.25) is 9.80 Å². The van der Waals surface area contributed by atoms with Crippen molar-refractivity contribution in [2.24, 2.45) is 0 Å². The van der Waals surface area contributed by atoms with Crippen LogP contribution in [0.4, 0.5) is 0 Å². The molecule has 6 heteroatoms. The van der Waals surface area contributed by atoms with Crippen LogP contribution in [0, 0.1) is 0 Å². The fourth-order valence-corrected chi connectivity index (χ4v) is 4.13. The van der Waals surface area contributed by atoms with E-state index in [1.165, 1.54) is 11.1 Å². The molecular formula is C22H29BrN2O3. The Labute approximate surface area is 176 Å². The Morgan fingerprint density at radius 2 is 1.50 bits per heavy atom. The summed E-state index contributed by atoms with van der Waals surface area (Å²) < 4.78 is 17.4. The van der Waals surface area contributed by atoms with Crippen molar-refractivity contribution in [2.75, 3.05) is 47.0 Å². The van der Waals surface area contributed by atoms with Gasteiger partial charge in [-0.15, -0.1) is 0 Å². The summed E-state index contributed by atoms with van der Waals surface area (Å²) >= 11 is 3.68. The number of rotatable bonds is 8. The second-order valence-corrected chi connectivity index (χ2v) is 7.70.